The summed E-state index contributed by atoms with van der Waals surface area (Å²) in [6.45, 7) is 4.71. The number of benzene rings is 9. The summed E-state index contributed by atoms with van der Waals surface area (Å²) < 4.78 is 6.19. The van der Waals surface area contributed by atoms with Crippen LogP contribution in [0, 0.1) is 0 Å². The molecule has 0 N–H and O–H groups in total. The zero-order valence-corrected chi connectivity index (χ0v) is 30.8. The molecule has 0 fully saturated rings. The number of hydrogen-bond acceptors (Lipinski definition) is 2. The second kappa shape index (κ2) is 12.1. The number of nitrogens with zero attached hydrogens (tertiary/aromatic N) is 1. The molecule has 1 aliphatic carbocycles. The fraction of sp³-hybridized carbons (Fsp3) is 0.0566. The van der Waals surface area contributed by atoms with E-state index in [1.54, 1.807) is 0 Å². The second-order valence-electron chi connectivity index (χ2n) is 15.3. The molecule has 1 aliphatic rings. The molecule has 9 aromatic carbocycles. The van der Waals surface area contributed by atoms with Crippen molar-refractivity contribution in [2.75, 3.05) is 4.90 Å². The van der Waals surface area contributed by atoms with Crippen molar-refractivity contribution in [1.29, 1.82) is 0 Å². The number of anilines is 3. The van der Waals surface area contributed by atoms with E-state index in [9.17, 15) is 0 Å². The van der Waals surface area contributed by atoms with Gasteiger partial charge in [-0.1, -0.05) is 159 Å². The molecule has 0 saturated heterocycles. The van der Waals surface area contributed by atoms with Crippen molar-refractivity contribution in [3.05, 3.63) is 199 Å². The lowest BCUT2D eigenvalue weighted by Gasteiger charge is -2.29. The zero-order chi connectivity index (χ0) is 36.7. The molecule has 0 saturated carbocycles. The first-order valence-electron chi connectivity index (χ1n) is 19.1. The van der Waals surface area contributed by atoms with Crippen molar-refractivity contribution in [3.8, 4) is 33.4 Å². The highest BCUT2D eigenvalue weighted by Gasteiger charge is 2.36. The van der Waals surface area contributed by atoms with E-state index in [-0.39, 0.29) is 5.41 Å². The van der Waals surface area contributed by atoms with E-state index < -0.39 is 0 Å². The Labute approximate surface area is 320 Å². The summed E-state index contributed by atoms with van der Waals surface area (Å²) in [5.74, 6) is 0. The van der Waals surface area contributed by atoms with Gasteiger partial charge < -0.3 is 9.32 Å². The van der Waals surface area contributed by atoms with E-state index in [1.807, 2.05) is 12.1 Å². The Hall–Kier alpha value is -6.90. The molecule has 0 aliphatic heterocycles. The minimum absolute atomic E-state index is 0.106. The van der Waals surface area contributed by atoms with Gasteiger partial charge in [0, 0.05) is 32.9 Å². The Bertz CT molecular complexity index is 3110. The van der Waals surface area contributed by atoms with Gasteiger partial charge in [-0.25, -0.2) is 0 Å². The average Bonchev–Trinajstić information content (AvgIpc) is 3.73. The van der Waals surface area contributed by atoms with Gasteiger partial charge in [0.1, 0.15) is 11.2 Å². The summed E-state index contributed by atoms with van der Waals surface area (Å²) in [6, 6.07) is 68.5. The second-order valence-corrected chi connectivity index (χ2v) is 15.3. The highest BCUT2D eigenvalue weighted by atomic mass is 16.3. The molecule has 0 spiro atoms. The third-order valence-electron chi connectivity index (χ3n) is 11.9. The number of hydrogen-bond donors (Lipinski definition) is 0. The van der Waals surface area contributed by atoms with Crippen LogP contribution in [0.4, 0.5) is 17.1 Å². The number of para-hydroxylation sites is 1. The zero-order valence-electron chi connectivity index (χ0n) is 30.8. The van der Waals surface area contributed by atoms with E-state index in [0.29, 0.717) is 0 Å². The summed E-state index contributed by atoms with van der Waals surface area (Å²) in [6.07, 6.45) is 0. The van der Waals surface area contributed by atoms with Crippen LogP contribution in [0.1, 0.15) is 25.0 Å². The predicted octanol–water partition coefficient (Wildman–Crippen LogP) is 15.0. The first-order chi connectivity index (χ1) is 27.0. The first kappa shape index (κ1) is 31.6. The van der Waals surface area contributed by atoms with Gasteiger partial charge in [-0.2, -0.15) is 0 Å². The Morgan fingerprint density at radius 2 is 0.982 bits per heavy atom. The van der Waals surface area contributed by atoms with Crippen LogP contribution in [0.2, 0.25) is 0 Å². The lowest BCUT2D eigenvalue weighted by Crippen LogP contribution is -2.16. The topological polar surface area (TPSA) is 16.4 Å². The Kier molecular flexibility index (Phi) is 6.93. The molecule has 55 heavy (non-hydrogen) atoms. The van der Waals surface area contributed by atoms with Crippen molar-refractivity contribution in [2.24, 2.45) is 0 Å². The molecule has 0 amide bonds. The van der Waals surface area contributed by atoms with Crippen LogP contribution in [0.25, 0.3) is 76.9 Å². The Morgan fingerprint density at radius 3 is 1.80 bits per heavy atom. The van der Waals surface area contributed by atoms with Crippen LogP contribution in [-0.4, -0.2) is 0 Å². The molecule has 0 radical (unpaired) electrons. The minimum atomic E-state index is -0.106. The van der Waals surface area contributed by atoms with Gasteiger partial charge in [0.25, 0.3) is 0 Å². The molecule has 1 aromatic heterocycles. The molecule has 0 atom stereocenters. The van der Waals surface area contributed by atoms with Crippen molar-refractivity contribution in [1.82, 2.24) is 0 Å². The minimum Gasteiger partial charge on any atom is -0.456 e. The van der Waals surface area contributed by atoms with E-state index >= 15 is 0 Å². The summed E-state index contributed by atoms with van der Waals surface area (Å²) in [5.41, 5.74) is 15.3. The maximum absolute atomic E-state index is 6.19. The van der Waals surface area contributed by atoms with Crippen LogP contribution >= 0.6 is 0 Å². The number of fused-ring (bicyclic) bond motifs is 9. The van der Waals surface area contributed by atoms with Gasteiger partial charge in [-0.3, -0.25) is 0 Å². The summed E-state index contributed by atoms with van der Waals surface area (Å²) in [7, 11) is 0. The molecule has 1 heterocycles. The number of rotatable bonds is 5. The molecular formula is C53H37NO. The quantitative estimate of drug-likeness (QED) is 0.166. The molecular weight excluding hydrogens is 667 g/mol. The maximum Gasteiger partial charge on any atom is 0.136 e. The SMILES string of the molecule is CC1(C)c2ccccc2-c2ccc(N(c3ccc(-c4ccc(-c5cccc6oc7ccccc7c56)cc4)cc3)c3cc4ccccc4c4ccccc34)cc21. The van der Waals surface area contributed by atoms with Gasteiger partial charge in [0.05, 0.1) is 5.69 Å². The Balaban J connectivity index is 1.03. The Morgan fingerprint density at radius 1 is 0.400 bits per heavy atom. The van der Waals surface area contributed by atoms with Gasteiger partial charge >= 0.3 is 0 Å². The summed E-state index contributed by atoms with van der Waals surface area (Å²) in [4.78, 5) is 2.46. The molecule has 11 rings (SSSR count). The summed E-state index contributed by atoms with van der Waals surface area (Å²) in [5, 5.41) is 7.28. The van der Waals surface area contributed by atoms with Crippen LogP contribution < -0.4 is 4.90 Å². The van der Waals surface area contributed by atoms with Crippen molar-refractivity contribution in [2.45, 2.75) is 19.3 Å². The molecule has 0 bridgehead atoms. The van der Waals surface area contributed by atoms with E-state index in [4.69, 9.17) is 4.42 Å². The normalized spacial score (nSPS) is 13.1. The van der Waals surface area contributed by atoms with E-state index in [0.717, 1.165) is 33.3 Å². The van der Waals surface area contributed by atoms with E-state index in [1.165, 1.54) is 71.7 Å². The largest absolute Gasteiger partial charge is 0.456 e. The van der Waals surface area contributed by atoms with Crippen molar-refractivity contribution < 1.29 is 4.42 Å². The maximum atomic E-state index is 6.19. The van der Waals surface area contributed by atoms with E-state index in [2.05, 4.69) is 195 Å². The molecule has 2 heteroatoms. The fourth-order valence-electron chi connectivity index (χ4n) is 9.14. The van der Waals surface area contributed by atoms with Crippen LogP contribution in [-0.2, 0) is 5.41 Å². The van der Waals surface area contributed by atoms with Crippen LogP contribution in [0.15, 0.2) is 192 Å². The standard InChI is InChI=1S/C53H37NO/c1-53(2)47-19-9-7-15-43(47)44-31-30-39(33-48(44)53)54(49-32-37-12-3-4-13-40(37)42-14-5-6-16-45(42)49)38-28-26-35(27-29-38)34-22-24-36(25-23-34)41-18-11-21-51-52(41)46-17-8-10-20-50(46)55-51/h3-33H,1-2H3. The molecule has 0 unspecified atom stereocenters. The predicted molar refractivity (Wildman–Crippen MR) is 232 cm³/mol. The third-order valence-corrected chi connectivity index (χ3v) is 11.9. The molecule has 10 aromatic rings. The molecule has 2 nitrogen and oxygen atoms in total. The van der Waals surface area contributed by atoms with Gasteiger partial charge in [0.15, 0.2) is 0 Å². The van der Waals surface area contributed by atoms with Crippen LogP contribution in [0.3, 0.4) is 0 Å². The van der Waals surface area contributed by atoms with Gasteiger partial charge in [-0.15, -0.1) is 0 Å². The van der Waals surface area contributed by atoms with Crippen molar-refractivity contribution in [3.63, 3.8) is 0 Å². The lowest BCUT2D eigenvalue weighted by molar-refractivity contribution is 0.660. The summed E-state index contributed by atoms with van der Waals surface area (Å²) >= 11 is 0. The van der Waals surface area contributed by atoms with Gasteiger partial charge in [-0.05, 0) is 103 Å². The highest BCUT2D eigenvalue weighted by molar-refractivity contribution is 6.15. The average molecular weight is 704 g/mol. The van der Waals surface area contributed by atoms with Crippen LogP contribution in [0.5, 0.6) is 0 Å². The van der Waals surface area contributed by atoms with Crippen molar-refractivity contribution >= 4 is 60.5 Å². The lowest BCUT2D eigenvalue weighted by atomic mass is 9.82. The molecule has 260 valence electrons. The third kappa shape index (κ3) is 4.88. The van der Waals surface area contributed by atoms with Gasteiger partial charge in [0.2, 0.25) is 0 Å². The highest BCUT2D eigenvalue weighted by Crippen LogP contribution is 2.51. The fourth-order valence-corrected chi connectivity index (χ4v) is 9.14. The smallest absolute Gasteiger partial charge is 0.136 e. The number of furan rings is 1. The first-order valence-corrected chi connectivity index (χ1v) is 19.1. The monoisotopic (exact) mass is 703 g/mol.